The Hall–Kier alpha value is -3.87. The quantitative estimate of drug-likeness (QED) is 0.446. The van der Waals surface area contributed by atoms with Gasteiger partial charge in [-0.15, -0.1) is 5.10 Å². The molecule has 3 aromatic heterocycles. The van der Waals surface area contributed by atoms with Gasteiger partial charge in [-0.25, -0.2) is 9.50 Å². The SMILES string of the molecule is Cc1ccnc2nc(C(=O)N3CCN(Cc4nc(-c5cccc(C(F)(F)F)c5)no4)CC3)nn12. The van der Waals surface area contributed by atoms with E-state index in [2.05, 4.69) is 25.2 Å². The lowest BCUT2D eigenvalue weighted by Crippen LogP contribution is -2.48. The number of halogens is 3. The number of hydrogen-bond donors (Lipinski definition) is 0. The van der Waals surface area contributed by atoms with Crippen molar-refractivity contribution in [3.8, 4) is 11.4 Å². The molecule has 1 aliphatic heterocycles. The molecular weight excluding hydrogens is 453 g/mol. The first-order chi connectivity index (χ1) is 16.3. The average molecular weight is 472 g/mol. The Morgan fingerprint density at radius 1 is 1.12 bits per heavy atom. The molecule has 1 aromatic carbocycles. The summed E-state index contributed by atoms with van der Waals surface area (Å²) < 4.78 is 45.6. The van der Waals surface area contributed by atoms with Crippen LogP contribution in [0.5, 0.6) is 0 Å². The van der Waals surface area contributed by atoms with Gasteiger partial charge >= 0.3 is 6.18 Å². The van der Waals surface area contributed by atoms with Gasteiger partial charge in [-0.2, -0.15) is 23.1 Å². The van der Waals surface area contributed by atoms with Crippen molar-refractivity contribution in [1.82, 2.24) is 39.5 Å². The van der Waals surface area contributed by atoms with E-state index in [1.165, 1.54) is 16.6 Å². The van der Waals surface area contributed by atoms with E-state index in [1.807, 2.05) is 11.8 Å². The summed E-state index contributed by atoms with van der Waals surface area (Å²) in [5, 5.41) is 8.08. The minimum atomic E-state index is -4.45. The Labute approximate surface area is 191 Å². The summed E-state index contributed by atoms with van der Waals surface area (Å²) >= 11 is 0. The standard InChI is InChI=1S/C21H19F3N8O2/c1-13-5-6-25-20-27-18(28-32(13)20)19(33)31-9-7-30(8-10-31)12-16-26-17(29-34-16)14-3-2-4-15(11-14)21(22,23)24/h2-6,11H,7-10,12H2,1H3. The molecule has 1 saturated heterocycles. The molecule has 0 radical (unpaired) electrons. The minimum Gasteiger partial charge on any atom is -0.338 e. The molecule has 0 unspecified atom stereocenters. The van der Waals surface area contributed by atoms with Gasteiger partial charge in [0.15, 0.2) is 0 Å². The van der Waals surface area contributed by atoms with Crippen molar-refractivity contribution >= 4 is 11.7 Å². The van der Waals surface area contributed by atoms with Crippen LogP contribution < -0.4 is 0 Å². The lowest BCUT2D eigenvalue weighted by Gasteiger charge is -2.33. The highest BCUT2D eigenvalue weighted by Crippen LogP contribution is 2.31. The van der Waals surface area contributed by atoms with Crippen molar-refractivity contribution < 1.29 is 22.5 Å². The first-order valence-electron chi connectivity index (χ1n) is 10.5. The normalized spacial score (nSPS) is 15.2. The Morgan fingerprint density at radius 3 is 2.65 bits per heavy atom. The van der Waals surface area contributed by atoms with E-state index in [1.54, 1.807) is 17.2 Å². The maximum absolute atomic E-state index is 13.0. The molecule has 0 saturated carbocycles. The highest BCUT2D eigenvalue weighted by molar-refractivity contribution is 5.91. The molecule has 4 aromatic rings. The maximum Gasteiger partial charge on any atom is 0.416 e. The van der Waals surface area contributed by atoms with E-state index in [-0.39, 0.29) is 29.0 Å². The van der Waals surface area contributed by atoms with E-state index >= 15 is 0 Å². The van der Waals surface area contributed by atoms with Gasteiger partial charge in [0, 0.05) is 43.6 Å². The summed E-state index contributed by atoms with van der Waals surface area (Å²) in [4.78, 5) is 29.1. The number of carbonyl (C=O) groups excluding carboxylic acids is 1. The van der Waals surface area contributed by atoms with Crippen LogP contribution in [0.3, 0.4) is 0 Å². The first kappa shape index (κ1) is 21.9. The van der Waals surface area contributed by atoms with Crippen LogP contribution in [0.1, 0.15) is 27.8 Å². The van der Waals surface area contributed by atoms with Crippen LogP contribution in [0.25, 0.3) is 17.2 Å². The van der Waals surface area contributed by atoms with Gasteiger partial charge in [-0.05, 0) is 25.1 Å². The molecule has 34 heavy (non-hydrogen) atoms. The van der Waals surface area contributed by atoms with Crippen molar-refractivity contribution in [1.29, 1.82) is 0 Å². The van der Waals surface area contributed by atoms with Crippen molar-refractivity contribution in [2.24, 2.45) is 0 Å². The molecule has 5 rings (SSSR count). The summed E-state index contributed by atoms with van der Waals surface area (Å²) in [5.74, 6) is 0.578. The molecule has 0 atom stereocenters. The van der Waals surface area contributed by atoms with Gasteiger partial charge in [0.2, 0.25) is 17.5 Å². The highest BCUT2D eigenvalue weighted by Gasteiger charge is 2.31. The van der Waals surface area contributed by atoms with Crippen LogP contribution in [-0.2, 0) is 12.7 Å². The van der Waals surface area contributed by atoms with Gasteiger partial charge in [-0.1, -0.05) is 17.3 Å². The van der Waals surface area contributed by atoms with E-state index in [4.69, 9.17) is 4.52 Å². The Bertz CT molecular complexity index is 1340. The second kappa shape index (κ2) is 8.48. The fraction of sp³-hybridized carbons (Fsp3) is 0.333. The van der Waals surface area contributed by atoms with Gasteiger partial charge in [0.1, 0.15) is 0 Å². The van der Waals surface area contributed by atoms with E-state index in [9.17, 15) is 18.0 Å². The van der Waals surface area contributed by atoms with Gasteiger partial charge in [0.05, 0.1) is 12.1 Å². The van der Waals surface area contributed by atoms with Crippen molar-refractivity contribution in [3.63, 3.8) is 0 Å². The first-order valence-corrected chi connectivity index (χ1v) is 10.5. The number of benzene rings is 1. The zero-order valence-corrected chi connectivity index (χ0v) is 18.0. The summed E-state index contributed by atoms with van der Waals surface area (Å²) in [6.45, 7) is 4.19. The number of rotatable bonds is 4. The molecule has 0 bridgehead atoms. The summed E-state index contributed by atoms with van der Waals surface area (Å²) in [6.07, 6.45) is -2.84. The second-order valence-corrected chi connectivity index (χ2v) is 7.89. The highest BCUT2D eigenvalue weighted by atomic mass is 19.4. The Balaban J connectivity index is 1.20. The number of alkyl halides is 3. The zero-order valence-electron chi connectivity index (χ0n) is 18.0. The largest absolute Gasteiger partial charge is 0.416 e. The van der Waals surface area contributed by atoms with Crippen molar-refractivity contribution in [2.75, 3.05) is 26.2 Å². The Kier molecular flexibility index (Phi) is 5.48. The van der Waals surface area contributed by atoms with Crippen LogP contribution >= 0.6 is 0 Å². The van der Waals surface area contributed by atoms with E-state index in [0.717, 1.165) is 17.8 Å². The average Bonchev–Trinajstić information content (AvgIpc) is 3.47. The predicted octanol–water partition coefficient (Wildman–Crippen LogP) is 2.46. The molecule has 1 aliphatic rings. The number of hydrogen-bond acceptors (Lipinski definition) is 8. The van der Waals surface area contributed by atoms with Crippen LogP contribution in [-0.4, -0.2) is 71.6 Å². The number of nitrogens with zero attached hydrogens (tertiary/aromatic N) is 8. The van der Waals surface area contributed by atoms with E-state index < -0.39 is 11.7 Å². The number of piperazine rings is 1. The fourth-order valence-corrected chi connectivity index (χ4v) is 3.71. The third-order valence-corrected chi connectivity index (χ3v) is 5.56. The van der Waals surface area contributed by atoms with Crippen LogP contribution in [0.4, 0.5) is 13.2 Å². The molecule has 1 amide bonds. The van der Waals surface area contributed by atoms with Gasteiger partial charge in [-0.3, -0.25) is 9.69 Å². The lowest BCUT2D eigenvalue weighted by molar-refractivity contribution is -0.137. The number of aryl methyl sites for hydroxylation is 1. The summed E-state index contributed by atoms with van der Waals surface area (Å²) in [6, 6.07) is 6.57. The molecule has 13 heteroatoms. The number of carbonyl (C=O) groups is 1. The van der Waals surface area contributed by atoms with Crippen LogP contribution in [0, 0.1) is 6.92 Å². The molecule has 0 N–H and O–H groups in total. The number of amides is 1. The molecule has 176 valence electrons. The molecule has 0 spiro atoms. The van der Waals surface area contributed by atoms with Crippen LogP contribution in [0.2, 0.25) is 0 Å². The summed E-state index contributed by atoms with van der Waals surface area (Å²) in [5.41, 5.74) is 0.276. The topological polar surface area (TPSA) is 106 Å². The van der Waals surface area contributed by atoms with Crippen molar-refractivity contribution in [2.45, 2.75) is 19.6 Å². The molecule has 4 heterocycles. The monoisotopic (exact) mass is 472 g/mol. The molecule has 1 fully saturated rings. The minimum absolute atomic E-state index is 0.0942. The zero-order chi connectivity index (χ0) is 23.9. The summed E-state index contributed by atoms with van der Waals surface area (Å²) in [7, 11) is 0. The smallest absolute Gasteiger partial charge is 0.338 e. The lowest BCUT2D eigenvalue weighted by atomic mass is 10.1. The van der Waals surface area contributed by atoms with Crippen LogP contribution in [0.15, 0.2) is 41.1 Å². The molecular formula is C21H19F3N8O2. The second-order valence-electron chi connectivity index (χ2n) is 7.89. The van der Waals surface area contributed by atoms with E-state index in [0.29, 0.717) is 38.5 Å². The predicted molar refractivity (Wildman–Crippen MR) is 111 cm³/mol. The third-order valence-electron chi connectivity index (χ3n) is 5.56. The molecule has 0 aliphatic carbocycles. The fourth-order valence-electron chi connectivity index (χ4n) is 3.71. The third kappa shape index (κ3) is 4.33. The maximum atomic E-state index is 13.0. The van der Waals surface area contributed by atoms with Gasteiger partial charge in [0.25, 0.3) is 11.7 Å². The Morgan fingerprint density at radius 2 is 1.91 bits per heavy atom. The number of fused-ring (bicyclic) bond motifs is 1. The molecule has 10 nitrogen and oxygen atoms in total. The number of aromatic nitrogens is 6. The van der Waals surface area contributed by atoms with Gasteiger partial charge < -0.3 is 9.42 Å². The van der Waals surface area contributed by atoms with Crippen molar-refractivity contribution in [3.05, 3.63) is 59.5 Å².